The van der Waals surface area contributed by atoms with Crippen LogP contribution in [0.4, 0.5) is 5.69 Å². The van der Waals surface area contributed by atoms with Gasteiger partial charge in [-0.25, -0.2) is 0 Å². The van der Waals surface area contributed by atoms with Crippen molar-refractivity contribution < 1.29 is 0 Å². The Morgan fingerprint density at radius 2 is 1.61 bits per heavy atom. The van der Waals surface area contributed by atoms with E-state index in [1.807, 2.05) is 12.1 Å². The Morgan fingerprint density at radius 3 is 2.22 bits per heavy atom. The van der Waals surface area contributed by atoms with Gasteiger partial charge in [0.25, 0.3) is 0 Å². The molecular formula is C14H12Br3N. The molecule has 1 nitrogen and oxygen atoms in total. The fourth-order valence-electron chi connectivity index (χ4n) is 1.70. The monoisotopic (exact) mass is 431 g/mol. The SMILES string of the molecule is Cc1ccccc1CNc1c(Br)cc(Br)cc1Br. The third-order valence-corrected chi connectivity index (χ3v) is 4.43. The summed E-state index contributed by atoms with van der Waals surface area (Å²) in [5.41, 5.74) is 3.68. The normalized spacial score (nSPS) is 10.4. The molecule has 1 N–H and O–H groups in total. The van der Waals surface area contributed by atoms with Crippen LogP contribution >= 0.6 is 47.8 Å². The van der Waals surface area contributed by atoms with Crippen LogP contribution in [-0.4, -0.2) is 0 Å². The summed E-state index contributed by atoms with van der Waals surface area (Å²) in [7, 11) is 0. The maximum atomic E-state index is 3.57. The molecule has 0 aliphatic rings. The lowest BCUT2D eigenvalue weighted by Crippen LogP contribution is -2.02. The summed E-state index contributed by atoms with van der Waals surface area (Å²) in [6.07, 6.45) is 0. The molecule has 2 aromatic carbocycles. The first-order valence-corrected chi connectivity index (χ1v) is 7.89. The van der Waals surface area contributed by atoms with Gasteiger partial charge in [0.05, 0.1) is 5.69 Å². The van der Waals surface area contributed by atoms with E-state index in [9.17, 15) is 0 Å². The molecule has 0 amide bonds. The van der Waals surface area contributed by atoms with Crippen LogP contribution < -0.4 is 5.32 Å². The van der Waals surface area contributed by atoms with Gasteiger partial charge in [-0.3, -0.25) is 0 Å². The molecule has 4 heteroatoms. The molecule has 0 atom stereocenters. The Labute approximate surface area is 132 Å². The smallest absolute Gasteiger partial charge is 0.0632 e. The summed E-state index contributed by atoms with van der Waals surface area (Å²) >= 11 is 10.6. The van der Waals surface area contributed by atoms with Gasteiger partial charge in [-0.15, -0.1) is 0 Å². The summed E-state index contributed by atoms with van der Waals surface area (Å²) in [6, 6.07) is 12.5. The molecule has 2 rings (SSSR count). The number of benzene rings is 2. The van der Waals surface area contributed by atoms with Crippen LogP contribution in [0.1, 0.15) is 11.1 Å². The van der Waals surface area contributed by atoms with Crippen LogP contribution in [-0.2, 0) is 6.54 Å². The first kappa shape index (κ1) is 14.1. The fourth-order valence-corrected chi connectivity index (χ4v) is 4.24. The minimum absolute atomic E-state index is 0.811. The molecule has 0 aliphatic carbocycles. The highest BCUT2D eigenvalue weighted by Gasteiger charge is 2.07. The minimum Gasteiger partial charge on any atom is -0.379 e. The van der Waals surface area contributed by atoms with Gasteiger partial charge >= 0.3 is 0 Å². The number of rotatable bonds is 3. The van der Waals surface area contributed by atoms with Gasteiger partial charge < -0.3 is 5.32 Å². The van der Waals surface area contributed by atoms with Crippen molar-refractivity contribution in [2.24, 2.45) is 0 Å². The molecule has 0 heterocycles. The van der Waals surface area contributed by atoms with Gasteiger partial charge in [0, 0.05) is 20.0 Å². The molecule has 94 valence electrons. The van der Waals surface area contributed by atoms with Crippen molar-refractivity contribution in [1.29, 1.82) is 0 Å². The van der Waals surface area contributed by atoms with Crippen LogP contribution in [0.2, 0.25) is 0 Å². The summed E-state index contributed by atoms with van der Waals surface area (Å²) < 4.78 is 3.12. The first-order chi connectivity index (χ1) is 8.58. The lowest BCUT2D eigenvalue weighted by atomic mass is 10.1. The zero-order valence-electron chi connectivity index (χ0n) is 9.81. The fraction of sp³-hybridized carbons (Fsp3) is 0.143. The van der Waals surface area contributed by atoms with E-state index >= 15 is 0 Å². The van der Waals surface area contributed by atoms with E-state index in [2.05, 4.69) is 84.3 Å². The summed E-state index contributed by atoms with van der Waals surface area (Å²) in [5, 5.41) is 3.45. The molecule has 0 bridgehead atoms. The average Bonchev–Trinajstić information content (AvgIpc) is 2.30. The number of halogens is 3. The second-order valence-electron chi connectivity index (χ2n) is 4.02. The Bertz CT molecular complexity index is 544. The molecule has 0 unspecified atom stereocenters. The lowest BCUT2D eigenvalue weighted by molar-refractivity contribution is 1.11. The van der Waals surface area contributed by atoms with Crippen molar-refractivity contribution in [3.8, 4) is 0 Å². The summed E-state index contributed by atoms with van der Waals surface area (Å²) in [4.78, 5) is 0. The van der Waals surface area contributed by atoms with Gasteiger partial charge in [-0.1, -0.05) is 40.2 Å². The standard InChI is InChI=1S/C14H12Br3N/c1-9-4-2-3-5-10(9)8-18-14-12(16)6-11(15)7-13(14)17/h2-7,18H,8H2,1H3. The average molecular weight is 434 g/mol. The third-order valence-electron chi connectivity index (χ3n) is 2.72. The lowest BCUT2D eigenvalue weighted by Gasteiger charge is -2.12. The van der Waals surface area contributed by atoms with Crippen LogP contribution in [0.5, 0.6) is 0 Å². The third kappa shape index (κ3) is 3.37. The number of hydrogen-bond donors (Lipinski definition) is 1. The van der Waals surface area contributed by atoms with Gasteiger partial charge in [0.1, 0.15) is 0 Å². The molecule has 0 saturated heterocycles. The van der Waals surface area contributed by atoms with Crippen molar-refractivity contribution in [2.45, 2.75) is 13.5 Å². The highest BCUT2D eigenvalue weighted by molar-refractivity contribution is 9.11. The van der Waals surface area contributed by atoms with Crippen molar-refractivity contribution in [1.82, 2.24) is 0 Å². The zero-order chi connectivity index (χ0) is 13.1. The number of hydrogen-bond acceptors (Lipinski definition) is 1. The Balaban J connectivity index is 2.19. The van der Waals surface area contributed by atoms with Crippen molar-refractivity contribution in [2.75, 3.05) is 5.32 Å². The molecule has 0 aliphatic heterocycles. The highest BCUT2D eigenvalue weighted by Crippen LogP contribution is 2.34. The maximum Gasteiger partial charge on any atom is 0.0632 e. The Kier molecular flexibility index (Phi) is 4.87. The Hall–Kier alpha value is -0.320. The molecule has 0 aromatic heterocycles. The molecule has 0 fully saturated rings. The molecule has 2 aromatic rings. The van der Waals surface area contributed by atoms with E-state index in [4.69, 9.17) is 0 Å². The quantitative estimate of drug-likeness (QED) is 0.635. The van der Waals surface area contributed by atoms with Crippen molar-refractivity contribution in [3.05, 3.63) is 60.9 Å². The van der Waals surface area contributed by atoms with E-state index in [0.29, 0.717) is 0 Å². The summed E-state index contributed by atoms with van der Waals surface area (Å²) in [5.74, 6) is 0. The van der Waals surface area contributed by atoms with Crippen LogP contribution in [0.25, 0.3) is 0 Å². The van der Waals surface area contributed by atoms with E-state index in [0.717, 1.165) is 25.7 Å². The summed E-state index contributed by atoms with van der Waals surface area (Å²) in [6.45, 7) is 2.94. The molecule has 0 radical (unpaired) electrons. The van der Waals surface area contributed by atoms with Crippen LogP contribution in [0.3, 0.4) is 0 Å². The largest absolute Gasteiger partial charge is 0.379 e. The zero-order valence-corrected chi connectivity index (χ0v) is 14.6. The number of anilines is 1. The van der Waals surface area contributed by atoms with Crippen LogP contribution in [0.15, 0.2) is 49.8 Å². The molecule has 18 heavy (non-hydrogen) atoms. The van der Waals surface area contributed by atoms with E-state index in [-0.39, 0.29) is 0 Å². The molecule has 0 saturated carbocycles. The predicted molar refractivity (Wildman–Crippen MR) is 88.0 cm³/mol. The van der Waals surface area contributed by atoms with E-state index in [1.165, 1.54) is 11.1 Å². The topological polar surface area (TPSA) is 12.0 Å². The predicted octanol–water partition coefficient (Wildman–Crippen LogP) is 5.89. The van der Waals surface area contributed by atoms with E-state index in [1.54, 1.807) is 0 Å². The van der Waals surface area contributed by atoms with Gasteiger partial charge in [-0.05, 0) is 62.0 Å². The number of nitrogens with one attached hydrogen (secondary N) is 1. The molecular weight excluding hydrogens is 422 g/mol. The van der Waals surface area contributed by atoms with Gasteiger partial charge in [0.2, 0.25) is 0 Å². The van der Waals surface area contributed by atoms with Gasteiger partial charge in [-0.2, -0.15) is 0 Å². The second-order valence-corrected chi connectivity index (χ2v) is 6.65. The Morgan fingerprint density at radius 1 is 1.00 bits per heavy atom. The van der Waals surface area contributed by atoms with Crippen LogP contribution in [0, 0.1) is 6.92 Å². The first-order valence-electron chi connectivity index (χ1n) is 5.51. The molecule has 0 spiro atoms. The van der Waals surface area contributed by atoms with Crippen molar-refractivity contribution >= 4 is 53.5 Å². The minimum atomic E-state index is 0.811. The maximum absolute atomic E-state index is 3.57. The number of aryl methyl sites for hydroxylation is 1. The van der Waals surface area contributed by atoms with Crippen molar-refractivity contribution in [3.63, 3.8) is 0 Å². The second kappa shape index (κ2) is 6.22. The van der Waals surface area contributed by atoms with E-state index < -0.39 is 0 Å². The van der Waals surface area contributed by atoms with Gasteiger partial charge in [0.15, 0.2) is 0 Å². The highest BCUT2D eigenvalue weighted by atomic mass is 79.9.